The SMILES string of the molecule is CC(C)N(CC1CC1)c1cc(Cl)ccc1CCl. The maximum Gasteiger partial charge on any atom is 0.0494 e. The molecule has 0 amide bonds. The average Bonchev–Trinajstić information content (AvgIpc) is 3.09. The third-order valence-corrected chi connectivity index (χ3v) is 3.80. The highest BCUT2D eigenvalue weighted by atomic mass is 35.5. The zero-order valence-electron chi connectivity index (χ0n) is 10.4. The van der Waals surface area contributed by atoms with Crippen LogP contribution in [0.4, 0.5) is 5.69 Å². The Morgan fingerprint density at radius 3 is 2.59 bits per heavy atom. The summed E-state index contributed by atoms with van der Waals surface area (Å²) in [5.41, 5.74) is 2.37. The number of benzene rings is 1. The molecule has 0 aliphatic heterocycles. The van der Waals surface area contributed by atoms with Crippen LogP contribution >= 0.6 is 23.2 Å². The van der Waals surface area contributed by atoms with Crippen molar-refractivity contribution in [1.29, 1.82) is 0 Å². The van der Waals surface area contributed by atoms with Crippen molar-refractivity contribution >= 4 is 28.9 Å². The van der Waals surface area contributed by atoms with E-state index in [2.05, 4.69) is 18.7 Å². The van der Waals surface area contributed by atoms with E-state index in [0.717, 1.165) is 17.5 Å². The molecule has 1 aromatic carbocycles. The van der Waals surface area contributed by atoms with Gasteiger partial charge in [0.1, 0.15) is 0 Å². The number of rotatable bonds is 5. The van der Waals surface area contributed by atoms with Gasteiger partial charge in [0.25, 0.3) is 0 Å². The van der Waals surface area contributed by atoms with E-state index in [1.807, 2.05) is 18.2 Å². The van der Waals surface area contributed by atoms with Crippen molar-refractivity contribution in [3.05, 3.63) is 28.8 Å². The minimum atomic E-state index is 0.482. The third kappa shape index (κ3) is 3.29. The quantitative estimate of drug-likeness (QED) is 0.702. The fraction of sp³-hybridized carbons (Fsp3) is 0.571. The number of anilines is 1. The van der Waals surface area contributed by atoms with Gasteiger partial charge in [-0.1, -0.05) is 17.7 Å². The molecule has 0 unspecified atom stereocenters. The lowest BCUT2D eigenvalue weighted by Crippen LogP contribution is -2.33. The van der Waals surface area contributed by atoms with Gasteiger partial charge in [-0.3, -0.25) is 0 Å². The van der Waals surface area contributed by atoms with E-state index in [0.29, 0.717) is 11.9 Å². The highest BCUT2D eigenvalue weighted by Gasteiger charge is 2.26. The number of hydrogen-bond donors (Lipinski definition) is 0. The van der Waals surface area contributed by atoms with Crippen molar-refractivity contribution in [2.24, 2.45) is 5.92 Å². The Hall–Kier alpha value is -0.400. The summed E-state index contributed by atoms with van der Waals surface area (Å²) in [4.78, 5) is 2.43. The summed E-state index contributed by atoms with van der Waals surface area (Å²) in [5, 5.41) is 0.787. The second kappa shape index (κ2) is 5.49. The molecule has 17 heavy (non-hydrogen) atoms. The molecular formula is C14H19Cl2N. The first-order valence-electron chi connectivity index (χ1n) is 6.23. The molecule has 2 rings (SSSR count). The Morgan fingerprint density at radius 2 is 2.06 bits per heavy atom. The first-order valence-corrected chi connectivity index (χ1v) is 7.14. The molecular weight excluding hydrogens is 253 g/mol. The van der Waals surface area contributed by atoms with Crippen LogP contribution in [0.3, 0.4) is 0 Å². The summed E-state index contributed by atoms with van der Waals surface area (Å²) >= 11 is 12.1. The lowest BCUT2D eigenvalue weighted by molar-refractivity contribution is 0.643. The lowest BCUT2D eigenvalue weighted by atomic mass is 10.1. The van der Waals surface area contributed by atoms with Crippen molar-refractivity contribution < 1.29 is 0 Å². The molecule has 0 N–H and O–H groups in total. The van der Waals surface area contributed by atoms with Crippen molar-refractivity contribution in [2.75, 3.05) is 11.4 Å². The van der Waals surface area contributed by atoms with Gasteiger partial charge in [-0.15, -0.1) is 11.6 Å². The molecule has 1 aliphatic carbocycles. The standard InChI is InChI=1S/C14H19Cl2N/c1-10(2)17(9-11-3-4-11)14-7-13(16)6-5-12(14)8-15/h5-7,10-11H,3-4,8-9H2,1-2H3. The number of nitrogens with zero attached hydrogens (tertiary/aromatic N) is 1. The second-order valence-electron chi connectivity index (χ2n) is 5.10. The van der Waals surface area contributed by atoms with Crippen LogP contribution in [0.15, 0.2) is 18.2 Å². The fourth-order valence-electron chi connectivity index (χ4n) is 2.08. The maximum atomic E-state index is 6.10. The molecule has 0 bridgehead atoms. The van der Waals surface area contributed by atoms with Crippen LogP contribution in [0, 0.1) is 5.92 Å². The maximum absolute atomic E-state index is 6.10. The van der Waals surface area contributed by atoms with Gasteiger partial charge in [0.15, 0.2) is 0 Å². The van der Waals surface area contributed by atoms with Gasteiger partial charge < -0.3 is 4.90 Å². The first kappa shape index (κ1) is 13.0. The Kier molecular flexibility index (Phi) is 4.22. The molecule has 0 heterocycles. The molecule has 0 saturated heterocycles. The smallest absolute Gasteiger partial charge is 0.0494 e. The van der Waals surface area contributed by atoms with Gasteiger partial charge in [0.05, 0.1) is 0 Å². The molecule has 0 radical (unpaired) electrons. The minimum Gasteiger partial charge on any atom is -0.369 e. The van der Waals surface area contributed by atoms with Gasteiger partial charge in [-0.2, -0.15) is 0 Å². The van der Waals surface area contributed by atoms with Crippen LogP contribution in [-0.4, -0.2) is 12.6 Å². The van der Waals surface area contributed by atoms with Gasteiger partial charge in [0, 0.05) is 29.2 Å². The fourth-order valence-corrected chi connectivity index (χ4v) is 2.48. The van der Waals surface area contributed by atoms with E-state index in [-0.39, 0.29) is 0 Å². The van der Waals surface area contributed by atoms with Crippen LogP contribution in [0.5, 0.6) is 0 Å². The first-order chi connectivity index (χ1) is 8.11. The molecule has 0 aromatic heterocycles. The van der Waals surface area contributed by atoms with Crippen LogP contribution < -0.4 is 4.90 Å². The van der Waals surface area contributed by atoms with Crippen LogP contribution in [0.25, 0.3) is 0 Å². The Bertz CT molecular complexity index is 386. The van der Waals surface area contributed by atoms with Gasteiger partial charge in [-0.25, -0.2) is 0 Å². The van der Waals surface area contributed by atoms with Gasteiger partial charge in [-0.05, 0) is 50.3 Å². The molecule has 1 aliphatic rings. The van der Waals surface area contributed by atoms with Gasteiger partial charge >= 0.3 is 0 Å². The summed E-state index contributed by atoms with van der Waals surface area (Å²) in [6.07, 6.45) is 2.72. The van der Waals surface area contributed by atoms with Gasteiger partial charge in [0.2, 0.25) is 0 Å². The predicted molar refractivity (Wildman–Crippen MR) is 76.2 cm³/mol. The van der Waals surface area contributed by atoms with E-state index in [1.165, 1.54) is 24.1 Å². The Labute approximate surface area is 114 Å². The lowest BCUT2D eigenvalue weighted by Gasteiger charge is -2.31. The minimum absolute atomic E-state index is 0.482. The molecule has 94 valence electrons. The Balaban J connectivity index is 2.29. The number of halogens is 2. The van der Waals surface area contributed by atoms with E-state index >= 15 is 0 Å². The van der Waals surface area contributed by atoms with E-state index in [1.54, 1.807) is 0 Å². The molecule has 1 fully saturated rings. The highest BCUT2D eigenvalue weighted by Crippen LogP contribution is 2.34. The Morgan fingerprint density at radius 1 is 1.35 bits per heavy atom. The van der Waals surface area contributed by atoms with Crippen LogP contribution in [0.2, 0.25) is 5.02 Å². The number of alkyl halides is 1. The van der Waals surface area contributed by atoms with Crippen molar-refractivity contribution in [1.82, 2.24) is 0 Å². The monoisotopic (exact) mass is 271 g/mol. The van der Waals surface area contributed by atoms with Crippen LogP contribution in [-0.2, 0) is 5.88 Å². The summed E-state index contributed by atoms with van der Waals surface area (Å²) in [6, 6.07) is 6.48. The second-order valence-corrected chi connectivity index (χ2v) is 5.80. The third-order valence-electron chi connectivity index (χ3n) is 3.28. The van der Waals surface area contributed by atoms with Crippen molar-refractivity contribution in [3.63, 3.8) is 0 Å². The van der Waals surface area contributed by atoms with Crippen molar-refractivity contribution in [2.45, 2.75) is 38.6 Å². The largest absolute Gasteiger partial charge is 0.369 e. The zero-order chi connectivity index (χ0) is 12.4. The number of hydrogen-bond acceptors (Lipinski definition) is 1. The van der Waals surface area contributed by atoms with Crippen molar-refractivity contribution in [3.8, 4) is 0 Å². The summed E-state index contributed by atoms with van der Waals surface area (Å²) in [6.45, 7) is 5.57. The summed E-state index contributed by atoms with van der Waals surface area (Å²) in [7, 11) is 0. The van der Waals surface area contributed by atoms with E-state index < -0.39 is 0 Å². The molecule has 0 atom stereocenters. The van der Waals surface area contributed by atoms with E-state index in [4.69, 9.17) is 23.2 Å². The molecule has 0 spiro atoms. The molecule has 3 heteroatoms. The topological polar surface area (TPSA) is 3.24 Å². The summed E-state index contributed by atoms with van der Waals surface area (Å²) in [5.74, 6) is 1.40. The normalized spacial score (nSPS) is 15.4. The summed E-state index contributed by atoms with van der Waals surface area (Å²) < 4.78 is 0. The molecule has 1 nitrogen and oxygen atoms in total. The molecule has 1 aromatic rings. The average molecular weight is 272 g/mol. The highest BCUT2D eigenvalue weighted by molar-refractivity contribution is 6.31. The predicted octanol–water partition coefficient (Wildman–Crippen LogP) is 4.70. The van der Waals surface area contributed by atoms with E-state index in [9.17, 15) is 0 Å². The van der Waals surface area contributed by atoms with Crippen LogP contribution in [0.1, 0.15) is 32.3 Å². The molecule has 1 saturated carbocycles. The zero-order valence-corrected chi connectivity index (χ0v) is 11.9.